The van der Waals surface area contributed by atoms with E-state index in [9.17, 15) is 0 Å². The summed E-state index contributed by atoms with van der Waals surface area (Å²) in [5, 5.41) is 0. The molecule has 1 saturated carbocycles. The third-order valence-electron chi connectivity index (χ3n) is 2.91. The summed E-state index contributed by atoms with van der Waals surface area (Å²) < 4.78 is 0. The lowest BCUT2D eigenvalue weighted by atomic mass is 9.65. The molecule has 0 bridgehead atoms. The lowest BCUT2D eigenvalue weighted by Crippen LogP contribution is -2.27. The minimum Gasteiger partial charge on any atom is -0.0683 e. The predicted octanol–water partition coefficient (Wildman–Crippen LogP) is 6.45. The van der Waals surface area contributed by atoms with Gasteiger partial charge in [-0.25, -0.2) is 0 Å². The Morgan fingerprint density at radius 2 is 1.00 bits per heavy atom. The fourth-order valence-electron chi connectivity index (χ4n) is 1.63. The Morgan fingerprint density at radius 1 is 0.733 bits per heavy atom. The van der Waals surface area contributed by atoms with Crippen molar-refractivity contribution >= 4 is 0 Å². The van der Waals surface area contributed by atoms with Gasteiger partial charge in [-0.1, -0.05) is 81.1 Å². The van der Waals surface area contributed by atoms with Crippen LogP contribution >= 0.6 is 0 Å². The van der Waals surface area contributed by atoms with Crippen molar-refractivity contribution in [1.82, 2.24) is 0 Å². The molecule has 0 unspecified atom stereocenters. The third-order valence-corrected chi connectivity index (χ3v) is 2.91. The first-order valence-electron chi connectivity index (χ1n) is 7.24. The Bertz CT molecular complexity index is 66.5. The van der Waals surface area contributed by atoms with Gasteiger partial charge in [0.1, 0.15) is 0 Å². The molecule has 0 aromatic rings. The molecule has 1 rings (SSSR count). The SMILES string of the molecule is CC.CC.CCC.CCC1(CC)CCC1. The first kappa shape index (κ1) is 20.4. The highest BCUT2D eigenvalue weighted by Crippen LogP contribution is 2.46. The van der Waals surface area contributed by atoms with Crippen LogP contribution in [-0.2, 0) is 0 Å². The van der Waals surface area contributed by atoms with Gasteiger partial charge in [-0.15, -0.1) is 0 Å². The lowest BCUT2D eigenvalue weighted by Gasteiger charge is -2.40. The highest BCUT2D eigenvalue weighted by Gasteiger charge is 2.32. The first-order chi connectivity index (χ1) is 7.24. The van der Waals surface area contributed by atoms with Gasteiger partial charge in [-0.05, 0) is 18.3 Å². The van der Waals surface area contributed by atoms with Crippen molar-refractivity contribution in [1.29, 1.82) is 0 Å². The van der Waals surface area contributed by atoms with Crippen molar-refractivity contribution < 1.29 is 0 Å². The summed E-state index contributed by atoms with van der Waals surface area (Å²) in [6.07, 6.45) is 8.55. The molecule has 1 aliphatic rings. The molecule has 0 heteroatoms. The van der Waals surface area contributed by atoms with Gasteiger partial charge in [-0.3, -0.25) is 0 Å². The maximum absolute atomic E-state index is 2.32. The van der Waals surface area contributed by atoms with E-state index in [4.69, 9.17) is 0 Å². The highest BCUT2D eigenvalue weighted by atomic mass is 14.4. The third kappa shape index (κ3) is 10.3. The Balaban J connectivity index is -0.000000176. The molecule has 0 radical (unpaired) electrons. The van der Waals surface area contributed by atoms with Gasteiger partial charge >= 0.3 is 0 Å². The van der Waals surface area contributed by atoms with Crippen LogP contribution < -0.4 is 0 Å². The van der Waals surface area contributed by atoms with Crippen molar-refractivity contribution in [3.63, 3.8) is 0 Å². The van der Waals surface area contributed by atoms with Crippen molar-refractivity contribution in [3.8, 4) is 0 Å². The minimum absolute atomic E-state index is 0.806. The first-order valence-corrected chi connectivity index (χ1v) is 7.24. The van der Waals surface area contributed by atoms with E-state index in [2.05, 4.69) is 27.7 Å². The summed E-state index contributed by atoms with van der Waals surface area (Å²) in [5.41, 5.74) is 0.806. The maximum Gasteiger partial charge on any atom is -0.0303 e. The second-order valence-electron chi connectivity index (χ2n) is 3.77. The number of hydrogen-bond acceptors (Lipinski definition) is 0. The molecule has 0 aromatic heterocycles. The van der Waals surface area contributed by atoms with Crippen molar-refractivity contribution in [3.05, 3.63) is 0 Å². The molecule has 0 heterocycles. The summed E-state index contributed by atoms with van der Waals surface area (Å²) in [4.78, 5) is 0. The average Bonchev–Trinajstić information content (AvgIpc) is 2.25. The van der Waals surface area contributed by atoms with E-state index in [-0.39, 0.29) is 0 Å². The highest BCUT2D eigenvalue weighted by molar-refractivity contribution is 4.84. The monoisotopic (exact) mass is 216 g/mol. The zero-order valence-corrected chi connectivity index (χ0v) is 12.7. The van der Waals surface area contributed by atoms with Gasteiger partial charge in [-0.2, -0.15) is 0 Å². The normalized spacial score (nSPS) is 15.2. The Kier molecular flexibility index (Phi) is 22.4. The summed E-state index contributed by atoms with van der Waals surface area (Å²) in [5.74, 6) is 0. The largest absolute Gasteiger partial charge is 0.0683 e. The molecule has 0 N–H and O–H groups in total. The van der Waals surface area contributed by atoms with Gasteiger partial charge in [0.2, 0.25) is 0 Å². The molecule has 15 heavy (non-hydrogen) atoms. The zero-order valence-electron chi connectivity index (χ0n) is 12.7. The second kappa shape index (κ2) is 16.4. The molecule has 0 amide bonds. The van der Waals surface area contributed by atoms with E-state index in [1.54, 1.807) is 0 Å². The topological polar surface area (TPSA) is 0 Å². The molecule has 1 aliphatic carbocycles. The Hall–Kier alpha value is 0. The molecule has 0 aliphatic heterocycles. The summed E-state index contributed by atoms with van der Waals surface area (Å²) in [7, 11) is 0. The molecule has 0 spiro atoms. The van der Waals surface area contributed by atoms with Crippen LogP contribution in [0.4, 0.5) is 0 Å². The van der Waals surface area contributed by atoms with E-state index >= 15 is 0 Å². The van der Waals surface area contributed by atoms with Crippen LogP contribution in [0.25, 0.3) is 0 Å². The van der Waals surface area contributed by atoms with Gasteiger partial charge in [0.05, 0.1) is 0 Å². The number of rotatable bonds is 2. The van der Waals surface area contributed by atoms with Crippen LogP contribution in [0.3, 0.4) is 0 Å². The lowest BCUT2D eigenvalue weighted by molar-refractivity contribution is 0.121. The van der Waals surface area contributed by atoms with Crippen LogP contribution in [0.1, 0.15) is 93.9 Å². The van der Waals surface area contributed by atoms with E-state index in [1.165, 1.54) is 38.5 Å². The summed E-state index contributed by atoms with van der Waals surface area (Å²) in [6.45, 7) is 16.9. The molecule has 96 valence electrons. The van der Waals surface area contributed by atoms with Crippen LogP contribution in [-0.4, -0.2) is 0 Å². The molecule has 0 nitrogen and oxygen atoms in total. The van der Waals surface area contributed by atoms with Crippen LogP contribution in [0.2, 0.25) is 0 Å². The standard InChI is InChI=1S/C8H16.C3H8.2C2H6/c1-3-8(4-2)6-5-7-8;1-3-2;2*1-2/h3-7H2,1-2H3;3H2,1-2H3;2*1-2H3. The van der Waals surface area contributed by atoms with Gasteiger partial charge < -0.3 is 0 Å². The predicted molar refractivity (Wildman–Crippen MR) is 75.5 cm³/mol. The number of hydrogen-bond donors (Lipinski definition) is 0. The Morgan fingerprint density at radius 3 is 1.00 bits per heavy atom. The van der Waals surface area contributed by atoms with Crippen LogP contribution in [0.15, 0.2) is 0 Å². The molecule has 0 saturated heterocycles. The van der Waals surface area contributed by atoms with E-state index in [0.29, 0.717) is 0 Å². The molecule has 1 fully saturated rings. The second-order valence-corrected chi connectivity index (χ2v) is 3.77. The molecular weight excluding hydrogens is 180 g/mol. The zero-order chi connectivity index (χ0) is 12.7. The molecule has 0 atom stereocenters. The van der Waals surface area contributed by atoms with Gasteiger partial charge in [0.15, 0.2) is 0 Å². The van der Waals surface area contributed by atoms with Gasteiger partial charge in [0, 0.05) is 0 Å². The minimum atomic E-state index is 0.806. The van der Waals surface area contributed by atoms with Crippen molar-refractivity contribution in [2.45, 2.75) is 93.9 Å². The average molecular weight is 216 g/mol. The van der Waals surface area contributed by atoms with Crippen molar-refractivity contribution in [2.24, 2.45) is 5.41 Å². The summed E-state index contributed by atoms with van der Waals surface area (Å²) in [6, 6.07) is 0. The Labute approximate surface area is 99.9 Å². The smallest absolute Gasteiger partial charge is 0.0303 e. The van der Waals surface area contributed by atoms with Gasteiger partial charge in [0.25, 0.3) is 0 Å². The van der Waals surface area contributed by atoms with E-state index < -0.39 is 0 Å². The van der Waals surface area contributed by atoms with Crippen molar-refractivity contribution in [2.75, 3.05) is 0 Å². The van der Waals surface area contributed by atoms with Crippen LogP contribution in [0.5, 0.6) is 0 Å². The fourth-order valence-corrected chi connectivity index (χ4v) is 1.63. The summed E-state index contributed by atoms with van der Waals surface area (Å²) >= 11 is 0. The van der Waals surface area contributed by atoms with E-state index in [0.717, 1.165) is 5.41 Å². The maximum atomic E-state index is 2.32. The van der Waals surface area contributed by atoms with Crippen LogP contribution in [0, 0.1) is 5.41 Å². The fraction of sp³-hybridized carbons (Fsp3) is 1.00. The molecule has 0 aromatic carbocycles. The van der Waals surface area contributed by atoms with E-state index in [1.807, 2.05) is 27.7 Å². The molecular formula is C15H36. The quantitative estimate of drug-likeness (QED) is 0.498.